The molecule has 1 aromatic rings. The lowest BCUT2D eigenvalue weighted by Gasteiger charge is -2.35. The molecule has 7 heteroatoms. The predicted octanol–water partition coefficient (Wildman–Crippen LogP) is 2.63. The third-order valence-corrected chi connectivity index (χ3v) is 6.06. The van der Waals surface area contributed by atoms with E-state index in [1.54, 1.807) is 7.11 Å². The maximum Gasteiger partial charge on any atom is 0.246 e. The molecule has 1 aliphatic heterocycles. The van der Waals surface area contributed by atoms with Crippen LogP contribution in [-0.2, 0) is 14.8 Å². The third kappa shape index (κ3) is 3.05. The summed E-state index contributed by atoms with van der Waals surface area (Å²) in [6.07, 6.45) is 0.549. The lowest BCUT2D eigenvalue weighted by Crippen LogP contribution is -2.46. The van der Waals surface area contributed by atoms with Crippen LogP contribution in [0.15, 0.2) is 27.6 Å². The van der Waals surface area contributed by atoms with Gasteiger partial charge in [-0.15, -0.1) is 0 Å². The minimum atomic E-state index is -3.82. The zero-order chi connectivity index (χ0) is 14.9. The van der Waals surface area contributed by atoms with E-state index < -0.39 is 15.8 Å². The maximum atomic E-state index is 13.9. The van der Waals surface area contributed by atoms with Crippen molar-refractivity contribution in [1.82, 2.24) is 4.31 Å². The first-order valence-corrected chi connectivity index (χ1v) is 8.57. The van der Waals surface area contributed by atoms with Gasteiger partial charge in [0.25, 0.3) is 0 Å². The van der Waals surface area contributed by atoms with Crippen molar-refractivity contribution in [3.05, 3.63) is 28.5 Å². The van der Waals surface area contributed by atoms with E-state index in [1.807, 2.05) is 6.92 Å². The van der Waals surface area contributed by atoms with E-state index in [2.05, 4.69) is 15.9 Å². The van der Waals surface area contributed by atoms with Crippen LogP contribution in [0.25, 0.3) is 0 Å². The largest absolute Gasteiger partial charge is 0.380 e. The van der Waals surface area contributed by atoms with E-state index in [9.17, 15) is 12.8 Å². The molecule has 1 fully saturated rings. The molecule has 112 valence electrons. The number of nitrogens with zero attached hydrogens (tertiary/aromatic N) is 1. The number of methoxy groups -OCH3 is 1. The summed E-state index contributed by atoms with van der Waals surface area (Å²) in [7, 11) is -2.25. The van der Waals surface area contributed by atoms with Crippen molar-refractivity contribution < 1.29 is 17.5 Å². The van der Waals surface area contributed by atoms with E-state index in [4.69, 9.17) is 4.74 Å². The van der Waals surface area contributed by atoms with Crippen LogP contribution >= 0.6 is 15.9 Å². The Labute approximate surface area is 127 Å². The second-order valence-electron chi connectivity index (χ2n) is 4.98. The molecule has 2 unspecified atom stereocenters. The molecule has 1 aromatic carbocycles. The number of sulfonamides is 1. The smallest absolute Gasteiger partial charge is 0.246 e. The van der Waals surface area contributed by atoms with Gasteiger partial charge < -0.3 is 4.74 Å². The highest BCUT2D eigenvalue weighted by Gasteiger charge is 2.35. The van der Waals surface area contributed by atoms with Gasteiger partial charge in [-0.1, -0.05) is 22.9 Å². The van der Waals surface area contributed by atoms with E-state index in [0.717, 1.165) is 6.07 Å². The molecule has 0 N–H and O–H groups in total. The molecule has 0 saturated carbocycles. The summed E-state index contributed by atoms with van der Waals surface area (Å²) in [5, 5.41) is 0. The van der Waals surface area contributed by atoms with Crippen molar-refractivity contribution >= 4 is 26.0 Å². The average molecular weight is 366 g/mol. The Morgan fingerprint density at radius 3 is 2.75 bits per heavy atom. The summed E-state index contributed by atoms with van der Waals surface area (Å²) < 4.78 is 46.0. The van der Waals surface area contributed by atoms with Crippen molar-refractivity contribution in [2.45, 2.75) is 24.3 Å². The van der Waals surface area contributed by atoms with Crippen LogP contribution in [0.1, 0.15) is 13.3 Å². The number of hydrogen-bond donors (Lipinski definition) is 0. The molecule has 1 heterocycles. The monoisotopic (exact) mass is 365 g/mol. The van der Waals surface area contributed by atoms with Gasteiger partial charge in [0.2, 0.25) is 10.0 Å². The van der Waals surface area contributed by atoms with Gasteiger partial charge in [-0.2, -0.15) is 4.31 Å². The molecule has 0 amide bonds. The van der Waals surface area contributed by atoms with Crippen molar-refractivity contribution in [3.8, 4) is 0 Å². The van der Waals surface area contributed by atoms with Crippen molar-refractivity contribution in [2.75, 3.05) is 20.2 Å². The lowest BCUT2D eigenvalue weighted by molar-refractivity contribution is 0.0183. The van der Waals surface area contributed by atoms with Crippen LogP contribution in [0.3, 0.4) is 0 Å². The van der Waals surface area contributed by atoms with Crippen molar-refractivity contribution in [1.29, 1.82) is 0 Å². The Bertz CT molecular complexity index is 593. The van der Waals surface area contributed by atoms with Crippen LogP contribution in [0.2, 0.25) is 0 Å². The van der Waals surface area contributed by atoms with Crippen molar-refractivity contribution in [2.24, 2.45) is 5.92 Å². The second kappa shape index (κ2) is 6.09. The SMILES string of the molecule is COC1CN(S(=O)(=O)c2ccc(Br)cc2F)CCC1C. The quantitative estimate of drug-likeness (QED) is 0.826. The molecule has 4 nitrogen and oxygen atoms in total. The molecular formula is C13H17BrFNO3S. The standard InChI is InChI=1S/C13H17BrFNO3S/c1-9-5-6-16(8-12(9)19-2)20(17,18)13-4-3-10(14)7-11(13)15/h3-4,7,9,12H,5-6,8H2,1-2H3. The minimum Gasteiger partial charge on any atom is -0.380 e. The molecule has 0 aliphatic carbocycles. The van der Waals surface area contributed by atoms with Crippen LogP contribution in [0.4, 0.5) is 4.39 Å². The summed E-state index contributed by atoms with van der Waals surface area (Å²) in [5.74, 6) is -0.451. The first-order chi connectivity index (χ1) is 9.36. The van der Waals surface area contributed by atoms with Crippen LogP contribution in [-0.4, -0.2) is 39.0 Å². The van der Waals surface area contributed by atoms with Gasteiger partial charge in [-0.25, -0.2) is 12.8 Å². The topological polar surface area (TPSA) is 46.6 Å². The van der Waals surface area contributed by atoms with E-state index in [1.165, 1.54) is 16.4 Å². The minimum absolute atomic E-state index is 0.156. The van der Waals surface area contributed by atoms with E-state index in [0.29, 0.717) is 23.4 Å². The number of hydrogen-bond acceptors (Lipinski definition) is 3. The number of ether oxygens (including phenoxy) is 1. The highest BCUT2D eigenvalue weighted by molar-refractivity contribution is 9.10. The lowest BCUT2D eigenvalue weighted by atomic mass is 9.97. The molecule has 20 heavy (non-hydrogen) atoms. The number of piperidine rings is 1. The molecular weight excluding hydrogens is 349 g/mol. The first kappa shape index (κ1) is 15.9. The molecule has 0 bridgehead atoms. The van der Waals surface area contributed by atoms with Crippen molar-refractivity contribution in [3.63, 3.8) is 0 Å². The highest BCUT2D eigenvalue weighted by atomic mass is 79.9. The highest BCUT2D eigenvalue weighted by Crippen LogP contribution is 2.27. The summed E-state index contributed by atoms with van der Waals surface area (Å²) in [6.45, 7) is 2.67. The molecule has 0 radical (unpaired) electrons. The first-order valence-electron chi connectivity index (χ1n) is 6.34. The predicted molar refractivity (Wildman–Crippen MR) is 77.4 cm³/mol. The average Bonchev–Trinajstić information content (AvgIpc) is 2.38. The second-order valence-corrected chi connectivity index (χ2v) is 7.80. The van der Waals surface area contributed by atoms with Crippen LogP contribution in [0.5, 0.6) is 0 Å². The molecule has 1 aliphatic rings. The van der Waals surface area contributed by atoms with Gasteiger partial charge in [-0.3, -0.25) is 0 Å². The maximum absolute atomic E-state index is 13.9. The van der Waals surface area contributed by atoms with Gasteiger partial charge in [0.05, 0.1) is 6.10 Å². The Morgan fingerprint density at radius 1 is 1.45 bits per heavy atom. The fourth-order valence-corrected chi connectivity index (χ4v) is 4.20. The summed E-state index contributed by atoms with van der Waals surface area (Å²) in [5.41, 5.74) is 0. The third-order valence-electron chi connectivity index (χ3n) is 3.67. The molecule has 2 atom stereocenters. The zero-order valence-electron chi connectivity index (χ0n) is 11.3. The number of halogens is 2. The Balaban J connectivity index is 2.31. The number of benzene rings is 1. The van der Waals surface area contributed by atoms with Crippen LogP contribution in [0, 0.1) is 11.7 Å². The normalized spacial score (nSPS) is 24.8. The Morgan fingerprint density at radius 2 is 2.15 bits per heavy atom. The summed E-state index contributed by atoms with van der Waals surface area (Å²) >= 11 is 3.12. The summed E-state index contributed by atoms with van der Waals surface area (Å²) in [6, 6.07) is 3.97. The zero-order valence-corrected chi connectivity index (χ0v) is 13.7. The van der Waals surface area contributed by atoms with E-state index in [-0.39, 0.29) is 17.5 Å². The molecule has 0 aromatic heterocycles. The van der Waals surface area contributed by atoms with Gasteiger partial charge >= 0.3 is 0 Å². The van der Waals surface area contributed by atoms with Gasteiger partial charge in [0.15, 0.2) is 0 Å². The van der Waals surface area contributed by atoms with E-state index >= 15 is 0 Å². The van der Waals surface area contributed by atoms with Gasteiger partial charge in [0.1, 0.15) is 10.7 Å². The fourth-order valence-electron chi connectivity index (χ4n) is 2.35. The molecule has 0 spiro atoms. The summed E-state index contributed by atoms with van der Waals surface area (Å²) in [4.78, 5) is -0.287. The molecule has 2 rings (SSSR count). The van der Waals surface area contributed by atoms with Gasteiger partial charge in [-0.05, 0) is 30.5 Å². The number of rotatable bonds is 3. The Kier molecular flexibility index (Phi) is 4.84. The fraction of sp³-hybridized carbons (Fsp3) is 0.538. The van der Waals surface area contributed by atoms with Crippen LogP contribution < -0.4 is 0 Å². The van der Waals surface area contributed by atoms with Gasteiger partial charge in [0, 0.05) is 24.7 Å². The Hall–Kier alpha value is -0.500. The molecule has 1 saturated heterocycles.